The second kappa shape index (κ2) is 21.6. The quantitative estimate of drug-likeness (QED) is 0.150. The Morgan fingerprint density at radius 3 is 1.44 bits per heavy atom. The number of benzene rings is 6. The van der Waals surface area contributed by atoms with E-state index in [9.17, 15) is 0 Å². The van der Waals surface area contributed by atoms with Crippen molar-refractivity contribution in [3.63, 3.8) is 0 Å². The molecule has 4 nitrogen and oxygen atoms in total. The van der Waals surface area contributed by atoms with E-state index in [4.69, 9.17) is 33.2 Å². The van der Waals surface area contributed by atoms with Crippen molar-refractivity contribution >= 4 is 51.7 Å². The van der Waals surface area contributed by atoms with Gasteiger partial charge in [-0.3, -0.25) is 9.80 Å². The Labute approximate surface area is 346 Å². The number of nitrogens with zero attached hydrogens (tertiary/aromatic N) is 2. The van der Waals surface area contributed by atoms with Crippen molar-refractivity contribution in [3.05, 3.63) is 194 Å². The van der Waals surface area contributed by atoms with Crippen LogP contribution in [-0.4, -0.2) is 53.1 Å². The van der Waals surface area contributed by atoms with Gasteiger partial charge in [-0.1, -0.05) is 180 Å². The maximum absolute atomic E-state index is 8.68. The van der Waals surface area contributed by atoms with Crippen LogP contribution < -0.4 is 5.46 Å². The zero-order valence-electron chi connectivity index (χ0n) is 30.3. The minimum atomic E-state index is -1.48. The Hall–Kier alpha value is -3.72. The van der Waals surface area contributed by atoms with Gasteiger partial charge in [0, 0.05) is 51.7 Å². The van der Waals surface area contributed by atoms with Crippen molar-refractivity contribution < 1.29 is 10.0 Å². The number of hydrogen-bond acceptors (Lipinski definition) is 4. The molecule has 8 rings (SSSR count). The average molecular weight is 837 g/mol. The smallest absolute Gasteiger partial charge is 0.423 e. The summed E-state index contributed by atoms with van der Waals surface area (Å²) < 4.78 is 1.15. The van der Waals surface area contributed by atoms with Crippen LogP contribution in [0.2, 0.25) is 10.0 Å². The van der Waals surface area contributed by atoms with Crippen molar-refractivity contribution in [2.75, 3.05) is 26.2 Å². The van der Waals surface area contributed by atoms with Crippen molar-refractivity contribution in [3.8, 4) is 11.1 Å². The molecule has 284 valence electrons. The van der Waals surface area contributed by atoms with Crippen LogP contribution in [0.5, 0.6) is 0 Å². The van der Waals surface area contributed by atoms with E-state index in [-0.39, 0.29) is 7.43 Å². The summed E-state index contributed by atoms with van der Waals surface area (Å²) in [5, 5.41) is 18.5. The van der Waals surface area contributed by atoms with Gasteiger partial charge in [0.1, 0.15) is 0 Å². The maximum Gasteiger partial charge on any atom is 0.489 e. The molecule has 0 amide bonds. The van der Waals surface area contributed by atoms with Crippen molar-refractivity contribution in [1.29, 1.82) is 0 Å². The molecular weight excluding hydrogens is 786 g/mol. The molecule has 0 bridgehead atoms. The van der Waals surface area contributed by atoms with Crippen LogP contribution in [-0.2, 0) is 13.1 Å². The molecule has 2 saturated heterocycles. The molecule has 0 spiro atoms. The summed E-state index contributed by atoms with van der Waals surface area (Å²) in [6.07, 6.45) is 2.53. The number of hydrogen-bond donors (Lipinski definition) is 2. The predicted octanol–water partition coefficient (Wildman–Crippen LogP) is 11.1. The molecule has 0 radical (unpaired) electrons. The van der Waals surface area contributed by atoms with Gasteiger partial charge in [-0.15, -0.1) is 0 Å². The van der Waals surface area contributed by atoms with Gasteiger partial charge < -0.3 is 10.0 Å². The molecule has 2 aliphatic rings. The third-order valence-corrected chi connectivity index (χ3v) is 11.3. The Morgan fingerprint density at radius 2 is 0.982 bits per heavy atom. The van der Waals surface area contributed by atoms with E-state index in [0.29, 0.717) is 22.3 Å². The van der Waals surface area contributed by atoms with Gasteiger partial charge in [-0.05, 0) is 89.8 Å². The summed E-state index contributed by atoms with van der Waals surface area (Å²) in [4.78, 5) is 5.11. The first-order chi connectivity index (χ1) is 26.3. The molecule has 6 aromatic rings. The third kappa shape index (κ3) is 12.6. The molecule has 2 aliphatic heterocycles. The monoisotopic (exact) mass is 834 g/mol. The Morgan fingerprint density at radius 1 is 0.545 bits per heavy atom. The van der Waals surface area contributed by atoms with E-state index in [2.05, 4.69) is 141 Å². The van der Waals surface area contributed by atoms with E-state index in [0.717, 1.165) is 34.7 Å². The predicted molar refractivity (Wildman–Crippen MR) is 237 cm³/mol. The van der Waals surface area contributed by atoms with Gasteiger partial charge in [0.05, 0.1) is 0 Å². The molecule has 2 heterocycles. The normalized spacial score (nSPS) is 16.6. The summed E-state index contributed by atoms with van der Waals surface area (Å²) in [5.41, 5.74) is 8.34. The Balaban J connectivity index is 0.000000171. The van der Waals surface area contributed by atoms with Crippen LogP contribution in [0.3, 0.4) is 0 Å². The molecule has 2 fully saturated rings. The Kier molecular flexibility index (Phi) is 16.6. The van der Waals surface area contributed by atoms with Gasteiger partial charge in [0.2, 0.25) is 0 Å². The first kappa shape index (κ1) is 42.4. The molecule has 0 saturated carbocycles. The SMILES string of the molecule is Brc1ccc(CN2CCC(c3ccccc3)C2)cc1.C.Clc1ccccc1-c1ccc(CN2CCC(c3ccccc3)C2)cc1.OB(O)c1ccccc1Cl. The van der Waals surface area contributed by atoms with E-state index in [1.807, 2.05) is 18.2 Å². The summed E-state index contributed by atoms with van der Waals surface area (Å²) in [7, 11) is -1.48. The fourth-order valence-corrected chi connectivity index (χ4v) is 7.97. The first-order valence-corrected chi connectivity index (χ1v) is 20.1. The molecule has 2 atom stereocenters. The summed E-state index contributed by atoms with van der Waals surface area (Å²) in [6.45, 7) is 6.79. The van der Waals surface area contributed by atoms with Crippen LogP contribution in [0.15, 0.2) is 162 Å². The highest BCUT2D eigenvalue weighted by molar-refractivity contribution is 9.10. The van der Waals surface area contributed by atoms with Gasteiger partial charge in [0.25, 0.3) is 0 Å². The van der Waals surface area contributed by atoms with Gasteiger partial charge in [-0.2, -0.15) is 0 Å². The van der Waals surface area contributed by atoms with E-state index < -0.39 is 7.12 Å². The summed E-state index contributed by atoms with van der Waals surface area (Å²) in [5.74, 6) is 1.38. The lowest BCUT2D eigenvalue weighted by atomic mass is 9.80. The molecule has 0 aromatic heterocycles. The maximum atomic E-state index is 8.68. The highest BCUT2D eigenvalue weighted by atomic mass is 79.9. The number of halogens is 3. The highest BCUT2D eigenvalue weighted by Crippen LogP contribution is 2.31. The second-order valence-corrected chi connectivity index (χ2v) is 15.7. The van der Waals surface area contributed by atoms with Gasteiger partial charge in [0.15, 0.2) is 0 Å². The lowest BCUT2D eigenvalue weighted by molar-refractivity contribution is 0.327. The molecule has 8 heteroatoms. The molecule has 0 aliphatic carbocycles. The van der Waals surface area contributed by atoms with Gasteiger partial charge in [-0.25, -0.2) is 0 Å². The standard InChI is InChI=1S/C23H22ClN.C17H18BrN.C6H6BClO2.CH4/c24-23-9-5-4-8-22(23)20-12-10-18(11-13-20)16-25-15-14-21(17-25)19-6-2-1-3-7-19;18-17-8-6-14(7-9-17)12-19-11-10-16(13-19)15-4-2-1-3-5-15;8-6-4-2-1-3-5(6)7(9)10;/h1-13,21H,14-17H2;1-9,16H,10-13H2;1-4,9-10H;1H4. The topological polar surface area (TPSA) is 46.9 Å². The molecule has 6 aromatic carbocycles. The fraction of sp³-hybridized carbons (Fsp3) is 0.234. The van der Waals surface area contributed by atoms with Crippen LogP contribution in [0.25, 0.3) is 11.1 Å². The van der Waals surface area contributed by atoms with Crippen LogP contribution in [0, 0.1) is 0 Å². The minimum Gasteiger partial charge on any atom is -0.423 e. The van der Waals surface area contributed by atoms with Gasteiger partial charge >= 0.3 is 7.12 Å². The summed E-state index contributed by atoms with van der Waals surface area (Å²) in [6, 6.07) is 53.9. The van der Waals surface area contributed by atoms with Crippen LogP contribution in [0.1, 0.15) is 54.4 Å². The number of rotatable bonds is 8. The first-order valence-electron chi connectivity index (χ1n) is 18.6. The molecule has 55 heavy (non-hydrogen) atoms. The third-order valence-electron chi connectivity index (χ3n) is 10.1. The largest absolute Gasteiger partial charge is 0.489 e. The Bertz CT molecular complexity index is 2020. The second-order valence-electron chi connectivity index (χ2n) is 14.0. The fourth-order valence-electron chi connectivity index (χ4n) is 7.22. The van der Waals surface area contributed by atoms with E-state index >= 15 is 0 Å². The highest BCUT2D eigenvalue weighted by Gasteiger charge is 2.24. The molecule has 2 N–H and O–H groups in total. The summed E-state index contributed by atoms with van der Waals surface area (Å²) >= 11 is 15.4. The lowest BCUT2D eigenvalue weighted by Gasteiger charge is -2.16. The molecule has 2 unspecified atom stereocenters. The zero-order chi connectivity index (χ0) is 37.7. The van der Waals surface area contributed by atoms with E-state index in [1.54, 1.807) is 24.3 Å². The van der Waals surface area contributed by atoms with Crippen molar-refractivity contribution in [1.82, 2.24) is 9.80 Å². The average Bonchev–Trinajstić information content (AvgIpc) is 3.88. The van der Waals surface area contributed by atoms with Crippen molar-refractivity contribution in [2.45, 2.75) is 45.2 Å². The zero-order valence-corrected chi connectivity index (χ0v) is 33.4. The molecular formula is C47H50BBrCl2N2O2. The van der Waals surface area contributed by atoms with Crippen LogP contribution in [0.4, 0.5) is 0 Å². The van der Waals surface area contributed by atoms with Crippen LogP contribution >= 0.6 is 39.1 Å². The minimum absolute atomic E-state index is 0. The van der Waals surface area contributed by atoms with Crippen molar-refractivity contribution in [2.24, 2.45) is 0 Å². The van der Waals surface area contributed by atoms with E-state index in [1.165, 1.54) is 60.3 Å². The number of likely N-dealkylation sites (tertiary alicyclic amines) is 2. The lowest BCUT2D eigenvalue weighted by Crippen LogP contribution is -2.30.